The topological polar surface area (TPSA) is 15.3 Å². The van der Waals surface area contributed by atoms with Crippen LogP contribution in [0.1, 0.15) is 40.5 Å². The molecule has 3 heteroatoms. The van der Waals surface area contributed by atoms with Crippen molar-refractivity contribution < 1.29 is 0 Å². The minimum atomic E-state index is 0.686. The third-order valence-electron chi connectivity index (χ3n) is 3.65. The summed E-state index contributed by atoms with van der Waals surface area (Å²) in [6.07, 6.45) is 2.44. The maximum atomic E-state index is 6.16. The molecule has 0 saturated heterocycles. The van der Waals surface area contributed by atoms with Gasteiger partial charge in [0, 0.05) is 25.7 Å². The molecule has 0 aromatic heterocycles. The Morgan fingerprint density at radius 3 is 2.35 bits per heavy atom. The van der Waals surface area contributed by atoms with E-state index in [0.29, 0.717) is 12.0 Å². The molecule has 0 unspecified atom stereocenters. The first-order valence-corrected chi connectivity index (χ1v) is 8.18. The molecule has 114 valence electrons. The normalized spacial score (nSPS) is 11.6. The van der Waals surface area contributed by atoms with Gasteiger partial charge in [-0.2, -0.15) is 0 Å². The van der Waals surface area contributed by atoms with Gasteiger partial charge >= 0.3 is 0 Å². The number of benzene rings is 1. The maximum absolute atomic E-state index is 6.16. The molecule has 0 saturated carbocycles. The van der Waals surface area contributed by atoms with Crippen molar-refractivity contribution in [3.8, 4) is 0 Å². The Labute approximate surface area is 129 Å². The largest absolute Gasteiger partial charge is 0.383 e. The molecule has 0 fully saturated rings. The highest BCUT2D eigenvalue weighted by Gasteiger charge is 2.15. The van der Waals surface area contributed by atoms with Gasteiger partial charge in [-0.3, -0.25) is 4.90 Å². The molecule has 0 aliphatic heterocycles. The van der Waals surface area contributed by atoms with Crippen LogP contribution in [0.2, 0.25) is 5.02 Å². The molecule has 1 N–H and O–H groups in total. The van der Waals surface area contributed by atoms with Crippen LogP contribution in [-0.4, -0.2) is 30.6 Å². The molecule has 0 aliphatic carbocycles. The molecule has 1 rings (SSSR count). The Bertz CT molecular complexity index is 375. The zero-order chi connectivity index (χ0) is 15.0. The highest BCUT2D eigenvalue weighted by Crippen LogP contribution is 2.20. The van der Waals surface area contributed by atoms with Gasteiger partial charge < -0.3 is 5.32 Å². The zero-order valence-corrected chi connectivity index (χ0v) is 14.1. The van der Waals surface area contributed by atoms with Crippen molar-refractivity contribution in [3.63, 3.8) is 0 Å². The summed E-state index contributed by atoms with van der Waals surface area (Å²) in [5.41, 5.74) is 1.03. The average Bonchev–Trinajstić information content (AvgIpc) is 2.41. The SMILES string of the molecule is CCC(CC)N(CCNc1ccccc1Cl)CC(C)C. The lowest BCUT2D eigenvalue weighted by Crippen LogP contribution is -2.40. The molecule has 0 bridgehead atoms. The highest BCUT2D eigenvalue weighted by atomic mass is 35.5. The van der Waals surface area contributed by atoms with Crippen molar-refractivity contribution in [2.45, 2.75) is 46.6 Å². The third kappa shape index (κ3) is 5.72. The third-order valence-corrected chi connectivity index (χ3v) is 3.98. The Morgan fingerprint density at radius 1 is 1.15 bits per heavy atom. The van der Waals surface area contributed by atoms with Crippen LogP contribution in [0.15, 0.2) is 24.3 Å². The molecular weight excluding hydrogens is 268 g/mol. The van der Waals surface area contributed by atoms with Gasteiger partial charge in [0.15, 0.2) is 0 Å². The van der Waals surface area contributed by atoms with E-state index in [1.54, 1.807) is 0 Å². The molecule has 1 aromatic carbocycles. The van der Waals surface area contributed by atoms with Crippen LogP contribution >= 0.6 is 11.6 Å². The summed E-state index contributed by atoms with van der Waals surface area (Å²) in [4.78, 5) is 2.61. The van der Waals surface area contributed by atoms with Gasteiger partial charge in [-0.05, 0) is 30.9 Å². The summed E-state index contributed by atoms with van der Waals surface area (Å²) in [6.45, 7) is 12.3. The van der Waals surface area contributed by atoms with Crippen LogP contribution in [0, 0.1) is 5.92 Å². The molecule has 2 nitrogen and oxygen atoms in total. The monoisotopic (exact) mass is 296 g/mol. The fourth-order valence-electron chi connectivity index (χ4n) is 2.64. The van der Waals surface area contributed by atoms with E-state index in [4.69, 9.17) is 11.6 Å². The average molecular weight is 297 g/mol. The van der Waals surface area contributed by atoms with Gasteiger partial charge in [0.2, 0.25) is 0 Å². The van der Waals surface area contributed by atoms with Gasteiger partial charge in [0.05, 0.1) is 10.7 Å². The first kappa shape index (κ1) is 17.3. The second kappa shape index (κ2) is 9.25. The Morgan fingerprint density at radius 2 is 1.80 bits per heavy atom. The van der Waals surface area contributed by atoms with Gasteiger partial charge in [0.25, 0.3) is 0 Å². The highest BCUT2D eigenvalue weighted by molar-refractivity contribution is 6.33. The number of anilines is 1. The van der Waals surface area contributed by atoms with Gasteiger partial charge in [0.1, 0.15) is 0 Å². The maximum Gasteiger partial charge on any atom is 0.0637 e. The smallest absolute Gasteiger partial charge is 0.0637 e. The van der Waals surface area contributed by atoms with Crippen LogP contribution in [0.25, 0.3) is 0 Å². The second-order valence-corrected chi connectivity index (χ2v) is 6.17. The van der Waals surface area contributed by atoms with Crippen molar-refractivity contribution in [2.24, 2.45) is 5.92 Å². The lowest BCUT2D eigenvalue weighted by Gasteiger charge is -2.32. The molecule has 0 heterocycles. The molecule has 0 spiro atoms. The predicted octanol–water partition coefficient (Wildman–Crippen LogP) is 4.90. The van der Waals surface area contributed by atoms with E-state index in [1.165, 1.54) is 12.8 Å². The van der Waals surface area contributed by atoms with E-state index in [9.17, 15) is 0 Å². The number of hydrogen-bond donors (Lipinski definition) is 1. The van der Waals surface area contributed by atoms with E-state index in [2.05, 4.69) is 37.9 Å². The first-order chi connectivity index (χ1) is 9.58. The number of nitrogens with one attached hydrogen (secondary N) is 1. The van der Waals surface area contributed by atoms with Crippen LogP contribution in [0.4, 0.5) is 5.69 Å². The summed E-state index contributed by atoms with van der Waals surface area (Å²) in [6, 6.07) is 8.62. The Kier molecular flexibility index (Phi) is 8.01. The molecule has 0 amide bonds. The van der Waals surface area contributed by atoms with Crippen molar-refractivity contribution in [2.75, 3.05) is 25.0 Å². The van der Waals surface area contributed by atoms with E-state index in [0.717, 1.165) is 30.3 Å². The summed E-state index contributed by atoms with van der Waals surface area (Å²) >= 11 is 6.16. The lowest BCUT2D eigenvalue weighted by molar-refractivity contribution is 0.172. The molecule has 20 heavy (non-hydrogen) atoms. The molecule has 0 radical (unpaired) electrons. The summed E-state index contributed by atoms with van der Waals surface area (Å²) in [5.74, 6) is 0.705. The van der Waals surface area contributed by atoms with Crippen molar-refractivity contribution in [1.29, 1.82) is 0 Å². The van der Waals surface area contributed by atoms with Crippen LogP contribution in [-0.2, 0) is 0 Å². The lowest BCUT2D eigenvalue weighted by atomic mass is 10.1. The molecule has 0 aliphatic rings. The fourth-order valence-corrected chi connectivity index (χ4v) is 2.84. The zero-order valence-electron chi connectivity index (χ0n) is 13.3. The number of hydrogen-bond acceptors (Lipinski definition) is 2. The number of para-hydroxylation sites is 1. The standard InChI is InChI=1S/C17H29ClN2/c1-5-15(6-2)20(13-14(3)4)12-11-19-17-10-8-7-9-16(17)18/h7-10,14-15,19H,5-6,11-13H2,1-4H3. The van der Waals surface area contributed by atoms with Crippen LogP contribution in [0.5, 0.6) is 0 Å². The number of rotatable bonds is 9. The minimum absolute atomic E-state index is 0.686. The van der Waals surface area contributed by atoms with E-state index >= 15 is 0 Å². The van der Waals surface area contributed by atoms with E-state index < -0.39 is 0 Å². The minimum Gasteiger partial charge on any atom is -0.383 e. The Balaban J connectivity index is 2.51. The fraction of sp³-hybridized carbons (Fsp3) is 0.647. The van der Waals surface area contributed by atoms with Crippen molar-refractivity contribution in [3.05, 3.63) is 29.3 Å². The second-order valence-electron chi connectivity index (χ2n) is 5.77. The first-order valence-electron chi connectivity index (χ1n) is 7.80. The van der Waals surface area contributed by atoms with Crippen molar-refractivity contribution >= 4 is 17.3 Å². The number of nitrogens with zero attached hydrogens (tertiary/aromatic N) is 1. The van der Waals surface area contributed by atoms with Gasteiger partial charge in [-0.25, -0.2) is 0 Å². The quantitative estimate of drug-likeness (QED) is 0.697. The predicted molar refractivity (Wildman–Crippen MR) is 90.7 cm³/mol. The Hall–Kier alpha value is -0.730. The van der Waals surface area contributed by atoms with Crippen molar-refractivity contribution in [1.82, 2.24) is 4.90 Å². The molecular formula is C17H29ClN2. The van der Waals surface area contributed by atoms with Crippen LogP contribution < -0.4 is 5.32 Å². The summed E-state index contributed by atoms with van der Waals surface area (Å²) in [5, 5.41) is 4.24. The summed E-state index contributed by atoms with van der Waals surface area (Å²) in [7, 11) is 0. The van der Waals surface area contributed by atoms with Gasteiger partial charge in [-0.15, -0.1) is 0 Å². The molecule has 1 aromatic rings. The summed E-state index contributed by atoms with van der Waals surface area (Å²) < 4.78 is 0. The molecule has 0 atom stereocenters. The van der Waals surface area contributed by atoms with E-state index in [-0.39, 0.29) is 0 Å². The van der Waals surface area contributed by atoms with Gasteiger partial charge in [-0.1, -0.05) is 51.4 Å². The van der Waals surface area contributed by atoms with E-state index in [1.807, 2.05) is 24.3 Å². The van der Waals surface area contributed by atoms with Crippen LogP contribution in [0.3, 0.4) is 0 Å². The number of halogens is 1.